The average molecular weight is 298 g/mol. The van der Waals surface area contributed by atoms with Gasteiger partial charge < -0.3 is 20.1 Å². The molecule has 120 valence electrons. The fraction of sp³-hybridized carbons (Fsp3) is 0.733. The summed E-state index contributed by atoms with van der Waals surface area (Å²) in [4.78, 5) is 8.68. The highest BCUT2D eigenvalue weighted by molar-refractivity contribution is 5.04. The Morgan fingerprint density at radius 3 is 2.43 bits per heavy atom. The molecule has 0 radical (unpaired) electrons. The summed E-state index contributed by atoms with van der Waals surface area (Å²) in [5.74, 6) is 0. The minimum absolute atomic E-state index is 0.0356. The fourth-order valence-corrected chi connectivity index (χ4v) is 1.90. The van der Waals surface area contributed by atoms with Gasteiger partial charge in [-0.1, -0.05) is 13.3 Å². The molecule has 0 bridgehead atoms. The molecular formula is C15H26N2O4. The zero-order chi connectivity index (χ0) is 15.5. The lowest BCUT2D eigenvalue weighted by Crippen LogP contribution is -2.34. The first-order valence-electron chi connectivity index (χ1n) is 7.52. The van der Waals surface area contributed by atoms with Crippen LogP contribution in [0.15, 0.2) is 12.4 Å². The molecule has 0 amide bonds. The topological polar surface area (TPSA) is 95.7 Å². The zero-order valence-electron chi connectivity index (χ0n) is 12.6. The molecule has 1 aromatic heterocycles. The van der Waals surface area contributed by atoms with Gasteiger partial charge >= 0.3 is 0 Å². The first kappa shape index (κ1) is 18.0. The summed E-state index contributed by atoms with van der Waals surface area (Å²) in [6, 6.07) is 0. The molecule has 2 atom stereocenters. The molecule has 0 fully saturated rings. The molecule has 0 saturated carbocycles. The van der Waals surface area contributed by atoms with Crippen molar-refractivity contribution >= 4 is 0 Å². The van der Waals surface area contributed by atoms with E-state index in [9.17, 15) is 5.11 Å². The number of rotatable bonds is 11. The third kappa shape index (κ3) is 6.95. The van der Waals surface area contributed by atoms with Crippen molar-refractivity contribution in [1.29, 1.82) is 0 Å². The smallest absolute Gasteiger partial charge is 0.104 e. The Kier molecular flexibility index (Phi) is 9.09. The monoisotopic (exact) mass is 298 g/mol. The maximum atomic E-state index is 9.76. The van der Waals surface area contributed by atoms with E-state index in [1.54, 1.807) is 12.4 Å². The lowest BCUT2D eigenvalue weighted by molar-refractivity contribution is -0.0600. The number of hydrogen-bond donors (Lipinski definition) is 3. The molecule has 0 aliphatic rings. The number of unbranched alkanes of at least 4 members (excludes halogenated alkanes) is 1. The Hall–Kier alpha value is -1.08. The maximum Gasteiger partial charge on any atom is 0.104 e. The predicted molar refractivity (Wildman–Crippen MR) is 78.9 cm³/mol. The van der Waals surface area contributed by atoms with Crippen molar-refractivity contribution in [3.05, 3.63) is 23.8 Å². The number of ether oxygens (including phenoxy) is 1. The number of hydrogen-bond acceptors (Lipinski definition) is 6. The van der Waals surface area contributed by atoms with Crippen LogP contribution in [0.1, 0.15) is 37.6 Å². The Bertz CT molecular complexity index is 372. The van der Waals surface area contributed by atoms with Crippen LogP contribution in [0.25, 0.3) is 0 Å². The molecule has 6 nitrogen and oxygen atoms in total. The quantitative estimate of drug-likeness (QED) is 0.514. The van der Waals surface area contributed by atoms with Gasteiger partial charge in [-0.2, -0.15) is 0 Å². The van der Waals surface area contributed by atoms with Gasteiger partial charge in [0.15, 0.2) is 0 Å². The lowest BCUT2D eigenvalue weighted by Gasteiger charge is -2.21. The predicted octanol–water partition coefficient (Wildman–Crippen LogP) is 0.482. The molecule has 0 spiro atoms. The van der Waals surface area contributed by atoms with Gasteiger partial charge in [0, 0.05) is 32.0 Å². The zero-order valence-corrected chi connectivity index (χ0v) is 12.6. The van der Waals surface area contributed by atoms with Crippen molar-refractivity contribution in [3.8, 4) is 0 Å². The van der Waals surface area contributed by atoms with Crippen LogP contribution in [-0.4, -0.2) is 57.3 Å². The van der Waals surface area contributed by atoms with Crippen LogP contribution in [0.2, 0.25) is 0 Å². The van der Waals surface area contributed by atoms with Gasteiger partial charge in [0.25, 0.3) is 0 Å². The Labute approximate surface area is 125 Å². The molecule has 1 rings (SSSR count). The molecule has 0 aliphatic carbocycles. The summed E-state index contributed by atoms with van der Waals surface area (Å²) in [5.41, 5.74) is 1.68. The summed E-state index contributed by atoms with van der Waals surface area (Å²) in [6.45, 7) is 2.13. The average Bonchev–Trinajstić information content (AvgIpc) is 2.52. The van der Waals surface area contributed by atoms with Crippen LogP contribution in [0, 0.1) is 0 Å². The highest BCUT2D eigenvalue weighted by Gasteiger charge is 2.20. The van der Waals surface area contributed by atoms with Gasteiger partial charge in [-0.15, -0.1) is 0 Å². The molecule has 0 aromatic carbocycles. The lowest BCUT2D eigenvalue weighted by atomic mass is 10.1. The van der Waals surface area contributed by atoms with Crippen LogP contribution in [0.3, 0.4) is 0 Å². The van der Waals surface area contributed by atoms with Gasteiger partial charge in [0.2, 0.25) is 0 Å². The Morgan fingerprint density at radius 1 is 1.14 bits per heavy atom. The summed E-state index contributed by atoms with van der Waals surface area (Å²) in [6.07, 6.45) is 5.93. The molecule has 1 aromatic rings. The summed E-state index contributed by atoms with van der Waals surface area (Å²) >= 11 is 0. The number of aliphatic hydroxyl groups excluding tert-OH is 3. The van der Waals surface area contributed by atoms with Crippen LogP contribution in [0.5, 0.6) is 0 Å². The third-order valence-electron chi connectivity index (χ3n) is 3.21. The van der Waals surface area contributed by atoms with E-state index in [-0.39, 0.29) is 13.2 Å². The van der Waals surface area contributed by atoms with Crippen molar-refractivity contribution in [2.75, 3.05) is 19.8 Å². The SMILES string of the molecule is CCCCc1cnc(C[C@@H](OCCCO)[C@H](O)CO)cn1. The second kappa shape index (κ2) is 10.6. The molecule has 6 heteroatoms. The Morgan fingerprint density at radius 2 is 1.86 bits per heavy atom. The van der Waals surface area contributed by atoms with Crippen LogP contribution in [-0.2, 0) is 17.6 Å². The van der Waals surface area contributed by atoms with Crippen molar-refractivity contribution < 1.29 is 20.1 Å². The van der Waals surface area contributed by atoms with Crippen molar-refractivity contribution in [3.63, 3.8) is 0 Å². The molecule has 0 unspecified atom stereocenters. The van der Waals surface area contributed by atoms with E-state index < -0.39 is 12.2 Å². The molecule has 21 heavy (non-hydrogen) atoms. The second-order valence-corrected chi connectivity index (χ2v) is 5.04. The maximum absolute atomic E-state index is 9.76. The van der Waals surface area contributed by atoms with Gasteiger partial charge in [-0.25, -0.2) is 0 Å². The Balaban J connectivity index is 2.56. The summed E-state index contributed by atoms with van der Waals surface area (Å²) in [5, 5.41) is 27.6. The first-order valence-corrected chi connectivity index (χ1v) is 7.52. The van der Waals surface area contributed by atoms with Crippen LogP contribution >= 0.6 is 0 Å². The van der Waals surface area contributed by atoms with E-state index in [0.717, 1.165) is 30.7 Å². The van der Waals surface area contributed by atoms with E-state index in [0.29, 0.717) is 19.4 Å². The minimum Gasteiger partial charge on any atom is -0.396 e. The van der Waals surface area contributed by atoms with Gasteiger partial charge in [0.05, 0.1) is 24.1 Å². The van der Waals surface area contributed by atoms with Gasteiger partial charge in [-0.3, -0.25) is 9.97 Å². The highest BCUT2D eigenvalue weighted by Crippen LogP contribution is 2.09. The summed E-state index contributed by atoms with van der Waals surface area (Å²) in [7, 11) is 0. The van der Waals surface area contributed by atoms with Crippen molar-refractivity contribution in [2.45, 2.75) is 51.2 Å². The van der Waals surface area contributed by atoms with Crippen LogP contribution in [0.4, 0.5) is 0 Å². The molecule has 1 heterocycles. The minimum atomic E-state index is -0.967. The number of aryl methyl sites for hydroxylation is 1. The summed E-state index contributed by atoms with van der Waals surface area (Å²) < 4.78 is 5.50. The van der Waals surface area contributed by atoms with E-state index in [1.807, 2.05) is 0 Å². The number of nitrogens with zero attached hydrogens (tertiary/aromatic N) is 2. The first-order chi connectivity index (χ1) is 10.2. The van der Waals surface area contributed by atoms with E-state index >= 15 is 0 Å². The normalized spacial score (nSPS) is 14.1. The second-order valence-electron chi connectivity index (χ2n) is 5.04. The fourth-order valence-electron chi connectivity index (χ4n) is 1.90. The number of aromatic nitrogens is 2. The van der Waals surface area contributed by atoms with E-state index in [2.05, 4.69) is 16.9 Å². The third-order valence-corrected chi connectivity index (χ3v) is 3.21. The molecule has 3 N–H and O–H groups in total. The van der Waals surface area contributed by atoms with E-state index in [1.165, 1.54) is 0 Å². The molecule has 0 saturated heterocycles. The highest BCUT2D eigenvalue weighted by atomic mass is 16.5. The van der Waals surface area contributed by atoms with Gasteiger partial charge in [0.1, 0.15) is 6.10 Å². The van der Waals surface area contributed by atoms with E-state index in [4.69, 9.17) is 14.9 Å². The van der Waals surface area contributed by atoms with Crippen molar-refractivity contribution in [1.82, 2.24) is 9.97 Å². The van der Waals surface area contributed by atoms with Gasteiger partial charge in [-0.05, 0) is 19.3 Å². The molecular weight excluding hydrogens is 272 g/mol. The van der Waals surface area contributed by atoms with Crippen LogP contribution < -0.4 is 0 Å². The number of aliphatic hydroxyl groups is 3. The van der Waals surface area contributed by atoms with Crippen molar-refractivity contribution in [2.24, 2.45) is 0 Å². The largest absolute Gasteiger partial charge is 0.396 e. The standard InChI is InChI=1S/C15H26N2O4/c1-2-3-5-12-9-17-13(10-16-12)8-15(14(20)11-19)21-7-4-6-18/h9-10,14-15,18-20H,2-8,11H2,1H3/t14-,15-/m1/s1. The molecule has 0 aliphatic heterocycles.